The number of ether oxygens (including phenoxy) is 1. The molecule has 1 heterocycles. The summed E-state index contributed by atoms with van der Waals surface area (Å²) in [6, 6.07) is 0. The molecule has 2 amide bonds. The lowest BCUT2D eigenvalue weighted by Crippen LogP contribution is -2.58. The van der Waals surface area contributed by atoms with Crippen LogP contribution in [0.3, 0.4) is 0 Å². The Hall–Kier alpha value is -2.08. The van der Waals surface area contributed by atoms with Gasteiger partial charge in [0.25, 0.3) is 0 Å². The summed E-state index contributed by atoms with van der Waals surface area (Å²) in [7, 11) is 0. The Bertz CT molecular complexity index is 767. The number of rotatable bonds is 5. The van der Waals surface area contributed by atoms with Crippen molar-refractivity contribution in [3.05, 3.63) is 35.3 Å². The smallest absolute Gasteiger partial charge is 0.241 e. The van der Waals surface area contributed by atoms with Crippen molar-refractivity contribution in [3.63, 3.8) is 0 Å². The number of carbonyl (C=O) groups excluding carboxylic acids is 2. The molecule has 0 saturated carbocycles. The van der Waals surface area contributed by atoms with Gasteiger partial charge in [-0.2, -0.15) is 0 Å². The molecule has 6 nitrogen and oxygen atoms in total. The highest BCUT2D eigenvalue weighted by Gasteiger charge is 2.36. The summed E-state index contributed by atoms with van der Waals surface area (Å²) in [6.07, 6.45) is 10.1. The average Bonchev–Trinajstić information content (AvgIpc) is 2.66. The van der Waals surface area contributed by atoms with Crippen LogP contribution in [0, 0.1) is 5.92 Å². The van der Waals surface area contributed by atoms with Crippen LogP contribution < -0.4 is 5.32 Å². The van der Waals surface area contributed by atoms with Gasteiger partial charge in [-0.1, -0.05) is 11.6 Å². The zero-order chi connectivity index (χ0) is 20.3. The number of hydrogen-bond donors (Lipinski definition) is 1. The molecule has 28 heavy (non-hydrogen) atoms. The minimum atomic E-state index is -0.713. The van der Waals surface area contributed by atoms with E-state index in [0.717, 1.165) is 42.7 Å². The van der Waals surface area contributed by atoms with Gasteiger partial charge in [0.2, 0.25) is 17.8 Å². The number of aliphatic imine (C=N–C) groups is 1. The quantitative estimate of drug-likeness (QED) is 0.431. The highest BCUT2D eigenvalue weighted by molar-refractivity contribution is 6.20. The summed E-state index contributed by atoms with van der Waals surface area (Å²) in [4.78, 5) is 31.2. The van der Waals surface area contributed by atoms with E-state index in [9.17, 15) is 9.59 Å². The Morgan fingerprint density at radius 1 is 1.29 bits per heavy atom. The van der Waals surface area contributed by atoms with Crippen LogP contribution in [-0.4, -0.2) is 40.7 Å². The third-order valence-corrected chi connectivity index (χ3v) is 5.44. The lowest BCUT2D eigenvalue weighted by molar-refractivity contribution is -0.140. The van der Waals surface area contributed by atoms with Gasteiger partial charge >= 0.3 is 0 Å². The van der Waals surface area contributed by atoms with Gasteiger partial charge in [0, 0.05) is 24.0 Å². The van der Waals surface area contributed by atoms with E-state index in [1.54, 1.807) is 11.8 Å². The van der Waals surface area contributed by atoms with E-state index in [1.807, 2.05) is 26.0 Å². The molecule has 1 N–H and O–H groups in total. The topological polar surface area (TPSA) is 71.0 Å². The van der Waals surface area contributed by atoms with Gasteiger partial charge < -0.3 is 4.74 Å². The summed E-state index contributed by atoms with van der Waals surface area (Å²) >= 11 is 6.17. The van der Waals surface area contributed by atoms with Crippen LogP contribution in [0.25, 0.3) is 0 Å². The number of halogens is 1. The van der Waals surface area contributed by atoms with Gasteiger partial charge in [0.15, 0.2) is 0 Å². The highest BCUT2D eigenvalue weighted by Crippen LogP contribution is 2.25. The number of alkyl halides is 1. The molecule has 1 aliphatic heterocycles. The monoisotopic (exact) mass is 405 g/mol. The summed E-state index contributed by atoms with van der Waals surface area (Å²) in [6.45, 7) is 6.06. The van der Waals surface area contributed by atoms with Crippen LogP contribution in [0.15, 0.2) is 40.2 Å². The predicted molar refractivity (Wildman–Crippen MR) is 110 cm³/mol. The first kappa shape index (κ1) is 20.6. The number of nitrogens with one attached hydrogen (secondary N) is 1. The lowest BCUT2D eigenvalue weighted by Gasteiger charge is -2.33. The van der Waals surface area contributed by atoms with Gasteiger partial charge in [-0.15, -0.1) is 11.6 Å². The molecule has 2 atom stereocenters. The lowest BCUT2D eigenvalue weighted by atomic mass is 9.98. The molecule has 2 unspecified atom stereocenters. The summed E-state index contributed by atoms with van der Waals surface area (Å²) in [5, 5.41) is 2.97. The average molecular weight is 406 g/mol. The molecule has 3 rings (SSSR count). The van der Waals surface area contributed by atoms with Crippen molar-refractivity contribution in [2.45, 2.75) is 64.4 Å². The van der Waals surface area contributed by atoms with Gasteiger partial charge in [-0.05, 0) is 58.6 Å². The standard InChI is InChI=1S/C21H28ClN3O3/c1-13(2)28-18-10-8-17(9-11-18)23-21-24-19(26)14(3)20(27)25(21)12-15-4-6-16(22)7-5-15/h4,8,10,13-14,16H,5-7,9,11-12H2,1-3H3,(H,23,24,26). The Labute approximate surface area is 171 Å². The van der Waals surface area contributed by atoms with Crippen LogP contribution in [0.2, 0.25) is 0 Å². The number of guanidine groups is 1. The van der Waals surface area contributed by atoms with Gasteiger partial charge in [0.05, 0.1) is 11.9 Å². The van der Waals surface area contributed by atoms with Crippen LogP contribution >= 0.6 is 11.6 Å². The molecule has 0 radical (unpaired) electrons. The van der Waals surface area contributed by atoms with E-state index in [-0.39, 0.29) is 23.3 Å². The minimum absolute atomic E-state index is 0.135. The second kappa shape index (κ2) is 8.95. The maximum atomic E-state index is 12.8. The maximum absolute atomic E-state index is 12.8. The molecule has 1 saturated heterocycles. The Balaban J connectivity index is 1.80. The molecule has 1 fully saturated rings. The summed E-state index contributed by atoms with van der Waals surface area (Å²) in [5.74, 6) is 0.00245. The first-order valence-corrected chi connectivity index (χ1v) is 10.4. The molecule has 0 bridgehead atoms. The molecule has 2 aliphatic carbocycles. The van der Waals surface area contributed by atoms with Crippen LogP contribution in [0.4, 0.5) is 0 Å². The normalized spacial score (nSPS) is 27.4. The fraction of sp³-hybridized carbons (Fsp3) is 0.571. The molecule has 0 spiro atoms. The summed E-state index contributed by atoms with van der Waals surface area (Å²) in [5.41, 5.74) is 1.98. The van der Waals surface area contributed by atoms with E-state index < -0.39 is 5.92 Å². The Morgan fingerprint density at radius 2 is 2.07 bits per heavy atom. The largest absolute Gasteiger partial charge is 0.495 e. The number of carbonyl (C=O) groups is 2. The van der Waals surface area contributed by atoms with Crippen molar-refractivity contribution in [2.24, 2.45) is 10.9 Å². The molecule has 0 aromatic heterocycles. The molecule has 0 aromatic rings. The molecule has 7 heteroatoms. The zero-order valence-corrected chi connectivity index (χ0v) is 17.5. The number of nitrogens with zero attached hydrogens (tertiary/aromatic N) is 2. The van der Waals surface area contributed by atoms with Crippen molar-refractivity contribution >= 4 is 29.4 Å². The third kappa shape index (κ3) is 5.04. The van der Waals surface area contributed by atoms with E-state index in [2.05, 4.69) is 16.4 Å². The van der Waals surface area contributed by atoms with Crippen molar-refractivity contribution in [1.29, 1.82) is 0 Å². The van der Waals surface area contributed by atoms with Crippen LogP contribution in [0.1, 0.15) is 52.9 Å². The maximum Gasteiger partial charge on any atom is 0.241 e. The molecule has 0 aromatic carbocycles. The summed E-state index contributed by atoms with van der Waals surface area (Å²) < 4.78 is 5.72. The Morgan fingerprint density at radius 3 is 2.68 bits per heavy atom. The predicted octanol–water partition coefficient (Wildman–Crippen LogP) is 3.64. The van der Waals surface area contributed by atoms with Crippen molar-refractivity contribution < 1.29 is 14.3 Å². The zero-order valence-electron chi connectivity index (χ0n) is 16.7. The molecule has 3 aliphatic rings. The SMILES string of the molecule is CC(C)OC1=CC=C(N=C2NC(=O)C(C)C(=O)N2CC2=CCC(Cl)CC2)CC1. The van der Waals surface area contributed by atoms with Gasteiger partial charge in [-0.3, -0.25) is 19.8 Å². The first-order valence-electron chi connectivity index (χ1n) is 9.92. The van der Waals surface area contributed by atoms with Crippen molar-refractivity contribution in [3.8, 4) is 0 Å². The third-order valence-electron chi connectivity index (χ3n) is 5.05. The highest BCUT2D eigenvalue weighted by atomic mass is 35.5. The second-order valence-corrected chi connectivity index (χ2v) is 8.38. The van der Waals surface area contributed by atoms with E-state index in [4.69, 9.17) is 16.3 Å². The fourth-order valence-electron chi connectivity index (χ4n) is 3.42. The Kier molecular flexibility index (Phi) is 6.60. The van der Waals surface area contributed by atoms with E-state index in [0.29, 0.717) is 18.9 Å². The molecular weight excluding hydrogens is 378 g/mol. The van der Waals surface area contributed by atoms with Crippen molar-refractivity contribution in [1.82, 2.24) is 10.2 Å². The van der Waals surface area contributed by atoms with E-state index >= 15 is 0 Å². The van der Waals surface area contributed by atoms with Gasteiger partial charge in [-0.25, -0.2) is 4.99 Å². The number of hydrogen-bond acceptors (Lipinski definition) is 4. The van der Waals surface area contributed by atoms with Crippen molar-refractivity contribution in [2.75, 3.05) is 6.54 Å². The van der Waals surface area contributed by atoms with Crippen LogP contribution in [0.5, 0.6) is 0 Å². The first-order chi connectivity index (χ1) is 13.3. The number of amides is 2. The van der Waals surface area contributed by atoms with Gasteiger partial charge in [0.1, 0.15) is 5.92 Å². The second-order valence-electron chi connectivity index (χ2n) is 7.76. The minimum Gasteiger partial charge on any atom is -0.495 e. The molecule has 152 valence electrons. The van der Waals surface area contributed by atoms with E-state index in [1.165, 1.54) is 0 Å². The van der Waals surface area contributed by atoms with Crippen LogP contribution in [-0.2, 0) is 14.3 Å². The number of allylic oxidation sites excluding steroid dienone is 5. The fourth-order valence-corrected chi connectivity index (χ4v) is 3.62. The molecular formula is C21H28ClN3O3.